The van der Waals surface area contributed by atoms with E-state index >= 15 is 0 Å². The number of sulfonamides is 1. The van der Waals surface area contributed by atoms with E-state index in [9.17, 15) is 8.42 Å². The van der Waals surface area contributed by atoms with E-state index in [0.717, 1.165) is 12.1 Å². The van der Waals surface area contributed by atoms with E-state index in [0.29, 0.717) is 5.92 Å². The molecule has 0 aromatic carbocycles. The van der Waals surface area contributed by atoms with Gasteiger partial charge in [-0.2, -0.15) is 5.10 Å². The Morgan fingerprint density at radius 3 is 2.95 bits per heavy atom. The van der Waals surface area contributed by atoms with E-state index in [1.54, 1.807) is 19.2 Å². The summed E-state index contributed by atoms with van der Waals surface area (Å²) in [5, 5.41) is 4.24. The van der Waals surface area contributed by atoms with Gasteiger partial charge >= 0.3 is 0 Å². The van der Waals surface area contributed by atoms with Crippen molar-refractivity contribution in [2.75, 3.05) is 0 Å². The van der Waals surface area contributed by atoms with Crippen molar-refractivity contribution in [3.05, 3.63) is 36.4 Å². The third-order valence-electron chi connectivity index (χ3n) is 3.92. The molecule has 3 rings (SSSR count). The summed E-state index contributed by atoms with van der Waals surface area (Å²) in [5.41, 5.74) is 0.851. The van der Waals surface area contributed by atoms with Gasteiger partial charge in [0, 0.05) is 24.3 Å². The monoisotopic (exact) mass is 309 g/mol. The van der Waals surface area contributed by atoms with Gasteiger partial charge < -0.3 is 4.42 Å². The van der Waals surface area contributed by atoms with Crippen LogP contribution in [0, 0.1) is 5.92 Å². The van der Waals surface area contributed by atoms with Crippen LogP contribution in [0.15, 0.2) is 40.3 Å². The highest BCUT2D eigenvalue weighted by molar-refractivity contribution is 7.89. The van der Waals surface area contributed by atoms with Crippen molar-refractivity contribution in [3.8, 4) is 0 Å². The van der Waals surface area contributed by atoms with Crippen molar-refractivity contribution in [2.24, 2.45) is 5.92 Å². The van der Waals surface area contributed by atoms with E-state index in [4.69, 9.17) is 4.42 Å². The molecule has 2 aromatic heterocycles. The highest BCUT2D eigenvalue weighted by Gasteiger charge is 2.22. The summed E-state index contributed by atoms with van der Waals surface area (Å²) >= 11 is 0. The molecule has 114 valence electrons. The fourth-order valence-corrected chi connectivity index (χ4v) is 3.58. The van der Waals surface area contributed by atoms with Crippen LogP contribution in [0.1, 0.15) is 37.8 Å². The van der Waals surface area contributed by atoms with Crippen LogP contribution in [0.3, 0.4) is 0 Å². The van der Waals surface area contributed by atoms with Crippen molar-refractivity contribution >= 4 is 10.0 Å². The van der Waals surface area contributed by atoms with Crippen molar-refractivity contribution in [2.45, 2.75) is 43.9 Å². The van der Waals surface area contributed by atoms with Crippen LogP contribution in [-0.2, 0) is 16.6 Å². The van der Waals surface area contributed by atoms with Crippen LogP contribution in [0.2, 0.25) is 0 Å². The van der Waals surface area contributed by atoms with Gasteiger partial charge in [-0.1, -0.05) is 6.42 Å². The molecule has 1 fully saturated rings. The molecule has 2 heterocycles. The van der Waals surface area contributed by atoms with Crippen molar-refractivity contribution in [1.29, 1.82) is 0 Å². The van der Waals surface area contributed by atoms with Gasteiger partial charge in [-0.15, -0.1) is 0 Å². The maximum atomic E-state index is 12.1. The number of hydrogen-bond acceptors (Lipinski definition) is 4. The van der Waals surface area contributed by atoms with Gasteiger partial charge in [-0.25, -0.2) is 13.1 Å². The molecule has 6 nitrogen and oxygen atoms in total. The summed E-state index contributed by atoms with van der Waals surface area (Å²) in [6.07, 6.45) is 8.79. The molecule has 0 saturated heterocycles. The largest absolute Gasteiger partial charge is 0.452 e. The predicted molar refractivity (Wildman–Crippen MR) is 77.0 cm³/mol. The quantitative estimate of drug-likeness (QED) is 0.888. The molecule has 1 atom stereocenters. The van der Waals surface area contributed by atoms with E-state index in [2.05, 4.69) is 9.82 Å². The zero-order valence-electron chi connectivity index (χ0n) is 11.9. The Morgan fingerprint density at radius 1 is 1.52 bits per heavy atom. The second-order valence-corrected chi connectivity index (χ2v) is 7.21. The SMILES string of the molecule is CC(NS(=O)(=O)c1ccco1)c1cnn(CC2CCC2)c1. The van der Waals surface area contributed by atoms with Gasteiger partial charge in [0.15, 0.2) is 0 Å². The maximum Gasteiger partial charge on any atom is 0.274 e. The first-order valence-electron chi connectivity index (χ1n) is 7.13. The second kappa shape index (κ2) is 5.65. The Morgan fingerprint density at radius 2 is 2.33 bits per heavy atom. The van der Waals surface area contributed by atoms with Gasteiger partial charge in [0.1, 0.15) is 0 Å². The average molecular weight is 309 g/mol. The number of furan rings is 1. The van der Waals surface area contributed by atoms with Crippen LogP contribution in [-0.4, -0.2) is 18.2 Å². The topological polar surface area (TPSA) is 77.1 Å². The highest BCUT2D eigenvalue weighted by atomic mass is 32.2. The molecule has 1 aliphatic rings. The lowest BCUT2D eigenvalue weighted by Crippen LogP contribution is -2.26. The van der Waals surface area contributed by atoms with Crippen molar-refractivity contribution in [3.63, 3.8) is 0 Å². The van der Waals surface area contributed by atoms with Crippen LogP contribution >= 0.6 is 0 Å². The van der Waals surface area contributed by atoms with E-state index in [-0.39, 0.29) is 11.1 Å². The molecule has 21 heavy (non-hydrogen) atoms. The minimum absolute atomic E-state index is 0.0730. The molecule has 1 saturated carbocycles. The minimum Gasteiger partial charge on any atom is -0.452 e. The van der Waals surface area contributed by atoms with Gasteiger partial charge in [0.25, 0.3) is 10.0 Å². The van der Waals surface area contributed by atoms with E-state index in [1.165, 1.54) is 31.6 Å². The maximum absolute atomic E-state index is 12.1. The van der Waals surface area contributed by atoms with Gasteiger partial charge in [-0.3, -0.25) is 4.68 Å². The third kappa shape index (κ3) is 3.19. The lowest BCUT2D eigenvalue weighted by molar-refractivity contribution is 0.266. The van der Waals surface area contributed by atoms with Gasteiger partial charge in [0.05, 0.1) is 12.5 Å². The second-order valence-electron chi connectivity index (χ2n) is 5.57. The number of nitrogens with zero attached hydrogens (tertiary/aromatic N) is 2. The molecule has 0 radical (unpaired) electrons. The van der Waals surface area contributed by atoms with Crippen molar-refractivity contribution in [1.82, 2.24) is 14.5 Å². The molecule has 1 N–H and O–H groups in total. The van der Waals surface area contributed by atoms with Gasteiger partial charge in [-0.05, 0) is 37.8 Å². The fraction of sp³-hybridized carbons (Fsp3) is 0.500. The summed E-state index contributed by atoms with van der Waals surface area (Å²) in [5.74, 6) is 0.716. The summed E-state index contributed by atoms with van der Waals surface area (Å²) < 4.78 is 33.6. The first-order chi connectivity index (χ1) is 10.0. The molecule has 2 aromatic rings. The Labute approximate surface area is 124 Å². The lowest BCUT2D eigenvalue weighted by Gasteiger charge is -2.24. The zero-order chi connectivity index (χ0) is 14.9. The Kier molecular flexibility index (Phi) is 3.86. The van der Waals surface area contributed by atoms with Crippen LogP contribution < -0.4 is 4.72 Å². The molecule has 7 heteroatoms. The summed E-state index contributed by atoms with van der Waals surface area (Å²) in [4.78, 5) is 0. The number of nitrogens with one attached hydrogen (secondary N) is 1. The van der Waals surface area contributed by atoms with Crippen LogP contribution in [0.25, 0.3) is 0 Å². The molecule has 0 spiro atoms. The normalized spacial score (nSPS) is 17.6. The lowest BCUT2D eigenvalue weighted by atomic mass is 9.85. The Hall–Kier alpha value is -1.60. The zero-order valence-corrected chi connectivity index (χ0v) is 12.7. The average Bonchev–Trinajstić information content (AvgIpc) is 3.05. The standard InChI is InChI=1S/C14H19N3O3S/c1-11(16-21(18,19)14-6-3-7-20-14)13-8-15-17(10-13)9-12-4-2-5-12/h3,6-8,10-12,16H,2,4-5,9H2,1H3. The highest BCUT2D eigenvalue weighted by Crippen LogP contribution is 2.28. The predicted octanol–water partition coefficient (Wildman–Crippen LogP) is 2.32. The van der Waals surface area contributed by atoms with E-state index < -0.39 is 10.0 Å². The first-order valence-corrected chi connectivity index (χ1v) is 8.61. The summed E-state index contributed by atoms with van der Waals surface area (Å²) in [6, 6.07) is 2.63. The molecular formula is C14H19N3O3S. The first kappa shape index (κ1) is 14.3. The number of aromatic nitrogens is 2. The third-order valence-corrected chi connectivity index (χ3v) is 5.34. The summed E-state index contributed by atoms with van der Waals surface area (Å²) in [7, 11) is -3.63. The Bertz CT molecular complexity index is 687. The number of hydrogen-bond donors (Lipinski definition) is 1. The number of rotatable bonds is 6. The van der Waals surface area contributed by atoms with Crippen molar-refractivity contribution < 1.29 is 12.8 Å². The van der Waals surface area contributed by atoms with Crippen LogP contribution in [0.5, 0.6) is 0 Å². The van der Waals surface area contributed by atoms with E-state index in [1.807, 2.05) is 10.9 Å². The minimum atomic E-state index is -3.63. The molecule has 1 unspecified atom stereocenters. The molecular weight excluding hydrogens is 290 g/mol. The molecule has 1 aliphatic carbocycles. The van der Waals surface area contributed by atoms with Gasteiger partial charge in [0.2, 0.25) is 5.09 Å². The molecule has 0 amide bonds. The smallest absolute Gasteiger partial charge is 0.274 e. The Balaban J connectivity index is 1.66. The molecule has 0 aliphatic heterocycles. The fourth-order valence-electron chi connectivity index (χ4n) is 2.42. The van der Waals surface area contributed by atoms with Crippen LogP contribution in [0.4, 0.5) is 0 Å². The summed E-state index contributed by atoms with van der Waals surface area (Å²) in [6.45, 7) is 2.71. The molecule has 0 bridgehead atoms.